The van der Waals surface area contributed by atoms with Gasteiger partial charge in [-0.15, -0.1) is 0 Å². The maximum Gasteiger partial charge on any atom is 0.103 e. The van der Waals surface area contributed by atoms with Gasteiger partial charge in [0.15, 0.2) is 0 Å². The van der Waals surface area contributed by atoms with Crippen molar-refractivity contribution in [2.45, 2.75) is 71.9 Å². The molecule has 2 saturated heterocycles. The molecule has 24 heavy (non-hydrogen) atoms. The number of ether oxygens (including phenoxy) is 1. The number of hydrogen-bond donors (Lipinski definition) is 0. The van der Waals surface area contributed by atoms with Crippen LogP contribution in [0.25, 0.3) is 0 Å². The number of rotatable bonds is 0. The van der Waals surface area contributed by atoms with Gasteiger partial charge < -0.3 is 38.5 Å². The smallest absolute Gasteiger partial charge is 0.103 e. The molecule has 0 amide bonds. The minimum absolute atomic E-state index is 0. The van der Waals surface area contributed by atoms with Crippen LogP contribution in [0.15, 0.2) is 0 Å². The molecule has 2 rings (SSSR count). The Hall–Kier alpha value is 0.460. The third kappa shape index (κ3) is 6.99. The van der Waals surface area contributed by atoms with Crippen LogP contribution in [0.5, 0.6) is 0 Å². The van der Waals surface area contributed by atoms with Crippen molar-refractivity contribution in [2.75, 3.05) is 53.5 Å². The normalized spacial score (nSPS) is 23.0. The van der Waals surface area contributed by atoms with Crippen molar-refractivity contribution in [1.82, 2.24) is 0 Å². The average Bonchev–Trinajstić information content (AvgIpc) is 2.39. The van der Waals surface area contributed by atoms with E-state index in [4.69, 9.17) is 4.74 Å². The number of likely N-dealkylation sites (N-methyl/N-ethyl adjacent to an activating group) is 1. The van der Waals surface area contributed by atoms with Crippen molar-refractivity contribution in [3.63, 3.8) is 0 Å². The van der Waals surface area contributed by atoms with Crippen LogP contribution in [0.2, 0.25) is 0 Å². The van der Waals surface area contributed by atoms with Crippen LogP contribution in [-0.4, -0.2) is 73.5 Å². The molecule has 0 radical (unpaired) electrons. The lowest BCUT2D eigenvalue weighted by atomic mass is 9.97. The first-order valence-electron chi connectivity index (χ1n) is 9.18. The molecule has 148 valence electrons. The van der Waals surface area contributed by atoms with Crippen molar-refractivity contribution in [1.29, 1.82) is 0 Å². The molecular weight excluding hydrogens is 343 g/mol. The molecule has 0 aliphatic carbocycles. The second-order valence-electron chi connectivity index (χ2n) is 9.70. The maximum absolute atomic E-state index is 5.34. The molecule has 0 atom stereocenters. The Morgan fingerprint density at radius 2 is 0.917 bits per heavy atom. The van der Waals surface area contributed by atoms with E-state index in [0.717, 1.165) is 30.8 Å². The molecule has 0 spiro atoms. The first-order chi connectivity index (χ1) is 9.91. The molecule has 3 nitrogen and oxygen atoms in total. The Morgan fingerprint density at radius 1 is 0.583 bits per heavy atom. The van der Waals surface area contributed by atoms with Gasteiger partial charge in [-0.3, -0.25) is 0 Å². The van der Waals surface area contributed by atoms with Gasteiger partial charge in [0.2, 0.25) is 0 Å². The van der Waals surface area contributed by atoms with Crippen LogP contribution in [0, 0.1) is 0 Å². The fraction of sp³-hybridized carbons (Fsp3) is 1.00. The summed E-state index contributed by atoms with van der Waals surface area (Å²) >= 11 is 0. The Labute approximate surface area is 164 Å². The average molecular weight is 385 g/mol. The maximum atomic E-state index is 5.34. The number of likely N-dealkylation sites (tertiary alicyclic amines) is 1. The minimum Gasteiger partial charge on any atom is -1.00 e. The zero-order valence-electron chi connectivity index (χ0n) is 17.4. The molecular formula is C19H42Cl2N2O. The van der Waals surface area contributed by atoms with Gasteiger partial charge in [-0.05, 0) is 60.8 Å². The summed E-state index contributed by atoms with van der Waals surface area (Å²) in [4.78, 5) is 0. The molecule has 2 aliphatic heterocycles. The molecule has 0 bridgehead atoms. The summed E-state index contributed by atoms with van der Waals surface area (Å²) in [5.74, 6) is 0. The van der Waals surface area contributed by atoms with Gasteiger partial charge in [-0.25, -0.2) is 0 Å². The Bertz CT molecular complexity index is 302. The first-order valence-corrected chi connectivity index (χ1v) is 9.18. The number of piperidine rings is 1. The van der Waals surface area contributed by atoms with Crippen molar-refractivity contribution in [2.24, 2.45) is 0 Å². The first kappa shape index (κ1) is 26.7. The Kier molecular flexibility index (Phi) is 11.1. The highest BCUT2D eigenvalue weighted by Gasteiger charge is 2.37. The number of morpholine rings is 1. The van der Waals surface area contributed by atoms with E-state index in [1.54, 1.807) is 0 Å². The zero-order valence-corrected chi connectivity index (χ0v) is 18.9. The monoisotopic (exact) mass is 384 g/mol. The van der Waals surface area contributed by atoms with Gasteiger partial charge in [-0.2, -0.15) is 0 Å². The lowest BCUT2D eigenvalue weighted by molar-refractivity contribution is -0.959. The van der Waals surface area contributed by atoms with Gasteiger partial charge >= 0.3 is 0 Å². The highest BCUT2D eigenvalue weighted by molar-refractivity contribution is 4.65. The standard InChI is InChI=1S/C10H22N.C9H20NO.2ClH/c1-10(2,3)11(4)8-6-5-7-9-11;1-9(2,3)10(4)5-7-11-8-6-10;;/h5-9H2,1-4H3;5-8H2,1-4H3;2*1H/q2*+1;;/p-2. The van der Waals surface area contributed by atoms with E-state index in [1.165, 1.54) is 36.8 Å². The van der Waals surface area contributed by atoms with Gasteiger partial charge in [0.1, 0.15) is 13.1 Å². The van der Waals surface area contributed by atoms with Crippen LogP contribution in [-0.2, 0) is 4.74 Å². The highest BCUT2D eigenvalue weighted by atomic mass is 35.5. The fourth-order valence-electron chi connectivity index (χ4n) is 3.30. The van der Waals surface area contributed by atoms with Crippen LogP contribution in [0.1, 0.15) is 60.8 Å². The van der Waals surface area contributed by atoms with Crippen LogP contribution >= 0.6 is 0 Å². The second-order valence-corrected chi connectivity index (χ2v) is 9.70. The van der Waals surface area contributed by atoms with Crippen LogP contribution < -0.4 is 24.8 Å². The number of nitrogens with zero attached hydrogens (tertiary/aromatic N) is 2. The molecule has 0 aromatic rings. The molecule has 5 heteroatoms. The quantitative estimate of drug-likeness (QED) is 0.426. The lowest BCUT2D eigenvalue weighted by Crippen LogP contribution is -3.00. The summed E-state index contributed by atoms with van der Waals surface area (Å²) in [6.07, 6.45) is 4.30. The Morgan fingerprint density at radius 3 is 1.17 bits per heavy atom. The second kappa shape index (κ2) is 9.97. The van der Waals surface area contributed by atoms with Gasteiger partial charge in [0.25, 0.3) is 0 Å². The molecule has 2 aliphatic rings. The van der Waals surface area contributed by atoms with Gasteiger partial charge in [-0.1, -0.05) is 0 Å². The summed E-state index contributed by atoms with van der Waals surface area (Å²) in [5, 5.41) is 0. The third-order valence-electron chi connectivity index (χ3n) is 6.50. The molecule has 0 unspecified atom stereocenters. The summed E-state index contributed by atoms with van der Waals surface area (Å²) in [6.45, 7) is 20.9. The summed E-state index contributed by atoms with van der Waals surface area (Å²) in [6, 6.07) is 0. The molecule has 2 fully saturated rings. The molecule has 2 heterocycles. The minimum atomic E-state index is 0. The molecule has 0 N–H and O–H groups in total. The van der Waals surface area contributed by atoms with E-state index in [9.17, 15) is 0 Å². The SMILES string of the molecule is CC(C)(C)[N+]1(C)CCCCC1.CC(C)(C)[N+]1(C)CCOCC1.[Cl-].[Cl-]. The van der Waals surface area contributed by atoms with E-state index < -0.39 is 0 Å². The predicted octanol–water partition coefficient (Wildman–Crippen LogP) is -2.31. The zero-order chi connectivity index (χ0) is 17.1. The molecule has 0 saturated carbocycles. The summed E-state index contributed by atoms with van der Waals surface area (Å²) in [5.41, 5.74) is 0.810. The highest BCUT2D eigenvalue weighted by Crippen LogP contribution is 2.27. The van der Waals surface area contributed by atoms with Gasteiger partial charge in [0.05, 0.1) is 51.5 Å². The topological polar surface area (TPSA) is 9.23 Å². The van der Waals surface area contributed by atoms with E-state index in [2.05, 4.69) is 55.6 Å². The van der Waals surface area contributed by atoms with E-state index in [1.807, 2.05) is 0 Å². The van der Waals surface area contributed by atoms with E-state index >= 15 is 0 Å². The number of quaternary nitrogens is 2. The number of halogens is 2. The van der Waals surface area contributed by atoms with Crippen molar-refractivity contribution in [3.05, 3.63) is 0 Å². The van der Waals surface area contributed by atoms with Gasteiger partial charge in [0, 0.05) is 0 Å². The van der Waals surface area contributed by atoms with Crippen molar-refractivity contribution >= 4 is 0 Å². The van der Waals surface area contributed by atoms with Crippen molar-refractivity contribution < 1.29 is 38.5 Å². The summed E-state index contributed by atoms with van der Waals surface area (Å²) in [7, 11) is 4.72. The predicted molar refractivity (Wildman–Crippen MR) is 96.0 cm³/mol. The molecule has 0 aromatic carbocycles. The summed E-state index contributed by atoms with van der Waals surface area (Å²) < 4.78 is 7.76. The van der Waals surface area contributed by atoms with Crippen LogP contribution in [0.4, 0.5) is 0 Å². The Balaban J connectivity index is 0. The molecule has 0 aromatic heterocycles. The van der Waals surface area contributed by atoms with E-state index in [-0.39, 0.29) is 24.8 Å². The number of hydrogen-bond acceptors (Lipinski definition) is 1. The third-order valence-corrected chi connectivity index (χ3v) is 6.50. The lowest BCUT2D eigenvalue weighted by Gasteiger charge is -2.48. The van der Waals surface area contributed by atoms with Crippen molar-refractivity contribution in [3.8, 4) is 0 Å². The largest absolute Gasteiger partial charge is 1.00 e. The van der Waals surface area contributed by atoms with Crippen LogP contribution in [0.3, 0.4) is 0 Å². The fourth-order valence-corrected chi connectivity index (χ4v) is 3.30. The van der Waals surface area contributed by atoms with E-state index in [0.29, 0.717) is 11.1 Å².